The summed E-state index contributed by atoms with van der Waals surface area (Å²) >= 11 is 0. The van der Waals surface area contributed by atoms with Crippen molar-refractivity contribution in [2.24, 2.45) is 4.99 Å². The van der Waals surface area contributed by atoms with Crippen LogP contribution in [-0.4, -0.2) is 58.1 Å². The van der Waals surface area contributed by atoms with Gasteiger partial charge in [0.1, 0.15) is 0 Å². The van der Waals surface area contributed by atoms with Crippen LogP contribution >= 0.6 is 0 Å². The molecule has 1 heterocycles. The Hall–Kier alpha value is -1.86. The molecular weight excluding hydrogens is 308 g/mol. The summed E-state index contributed by atoms with van der Waals surface area (Å²) in [6, 6.07) is 3.83. The van der Waals surface area contributed by atoms with Crippen molar-refractivity contribution in [3.63, 3.8) is 0 Å². The molecule has 7 heteroatoms. The summed E-state index contributed by atoms with van der Waals surface area (Å²) in [5, 5.41) is 6.44. The van der Waals surface area contributed by atoms with Crippen molar-refractivity contribution in [1.82, 2.24) is 15.6 Å². The lowest BCUT2D eigenvalue weighted by molar-refractivity contribution is 0.0487. The Morgan fingerprint density at radius 3 is 2.67 bits per heavy atom. The van der Waals surface area contributed by atoms with Gasteiger partial charge in [0, 0.05) is 39.0 Å². The van der Waals surface area contributed by atoms with Crippen molar-refractivity contribution < 1.29 is 14.2 Å². The normalized spacial score (nSPS) is 11.4. The second kappa shape index (κ2) is 13.6. The molecule has 0 unspecified atom stereocenters. The molecule has 24 heavy (non-hydrogen) atoms. The molecule has 0 aliphatic carbocycles. The highest BCUT2D eigenvalue weighted by Crippen LogP contribution is 2.07. The van der Waals surface area contributed by atoms with Crippen LogP contribution in [0.5, 0.6) is 5.88 Å². The third-order valence-corrected chi connectivity index (χ3v) is 3.25. The van der Waals surface area contributed by atoms with Gasteiger partial charge in [0.2, 0.25) is 5.88 Å². The Morgan fingerprint density at radius 2 is 1.96 bits per heavy atom. The zero-order valence-electron chi connectivity index (χ0n) is 15.0. The molecule has 136 valence electrons. The van der Waals surface area contributed by atoms with E-state index < -0.39 is 0 Å². The van der Waals surface area contributed by atoms with Gasteiger partial charge in [-0.05, 0) is 18.1 Å². The van der Waals surface area contributed by atoms with E-state index in [0.717, 1.165) is 31.0 Å². The molecule has 2 N–H and O–H groups in total. The number of nitrogens with one attached hydrogen (secondary N) is 2. The van der Waals surface area contributed by atoms with Gasteiger partial charge in [0.15, 0.2) is 5.96 Å². The van der Waals surface area contributed by atoms with Gasteiger partial charge in [-0.2, -0.15) is 0 Å². The van der Waals surface area contributed by atoms with Crippen LogP contribution in [0.4, 0.5) is 0 Å². The highest BCUT2D eigenvalue weighted by molar-refractivity contribution is 5.79. The number of pyridine rings is 1. The number of aromatic nitrogens is 1. The number of aliphatic imine (C=N–C) groups is 1. The maximum atomic E-state index is 5.51. The Kier molecular flexibility index (Phi) is 11.4. The fraction of sp³-hybridized carbons (Fsp3) is 0.647. The van der Waals surface area contributed by atoms with E-state index in [9.17, 15) is 0 Å². The van der Waals surface area contributed by atoms with Gasteiger partial charge in [-0.15, -0.1) is 0 Å². The van der Waals surface area contributed by atoms with E-state index in [1.807, 2.05) is 12.1 Å². The van der Waals surface area contributed by atoms with Crippen molar-refractivity contribution >= 4 is 5.96 Å². The number of ether oxygens (including phenoxy) is 3. The third kappa shape index (κ3) is 9.32. The first-order chi connectivity index (χ1) is 11.8. The minimum absolute atomic E-state index is 0.604. The van der Waals surface area contributed by atoms with Gasteiger partial charge in [-0.25, -0.2) is 4.98 Å². The molecule has 0 bridgehead atoms. The molecule has 0 radical (unpaired) electrons. The van der Waals surface area contributed by atoms with Crippen LogP contribution in [0.2, 0.25) is 0 Å². The molecule has 0 fully saturated rings. The lowest BCUT2D eigenvalue weighted by Crippen LogP contribution is -2.38. The van der Waals surface area contributed by atoms with Crippen molar-refractivity contribution in [3.8, 4) is 5.88 Å². The molecule has 7 nitrogen and oxygen atoms in total. The van der Waals surface area contributed by atoms with Gasteiger partial charge in [0.05, 0.1) is 26.9 Å². The van der Waals surface area contributed by atoms with Gasteiger partial charge in [-0.1, -0.05) is 13.3 Å². The average Bonchev–Trinajstić information content (AvgIpc) is 2.63. The van der Waals surface area contributed by atoms with E-state index in [-0.39, 0.29) is 0 Å². The number of guanidine groups is 1. The molecule has 1 aromatic rings. The predicted molar refractivity (Wildman–Crippen MR) is 95.5 cm³/mol. The maximum absolute atomic E-state index is 5.51. The van der Waals surface area contributed by atoms with Gasteiger partial charge < -0.3 is 24.8 Å². The zero-order chi connectivity index (χ0) is 17.5. The van der Waals surface area contributed by atoms with E-state index >= 15 is 0 Å². The monoisotopic (exact) mass is 338 g/mol. The Balaban J connectivity index is 2.10. The Labute approximate surface area is 144 Å². The minimum atomic E-state index is 0.604. The summed E-state index contributed by atoms with van der Waals surface area (Å²) in [5.41, 5.74) is 1.07. The van der Waals surface area contributed by atoms with Gasteiger partial charge in [0.25, 0.3) is 0 Å². The molecule has 0 atom stereocenters. The quantitative estimate of drug-likeness (QED) is 0.342. The van der Waals surface area contributed by atoms with Crippen molar-refractivity contribution in [2.75, 3.05) is 47.1 Å². The van der Waals surface area contributed by atoms with Crippen LogP contribution in [0.3, 0.4) is 0 Å². The first kappa shape index (κ1) is 20.2. The highest BCUT2D eigenvalue weighted by atomic mass is 16.5. The maximum Gasteiger partial charge on any atom is 0.213 e. The molecule has 0 saturated heterocycles. The van der Waals surface area contributed by atoms with E-state index in [0.29, 0.717) is 38.8 Å². The van der Waals surface area contributed by atoms with Gasteiger partial charge in [-0.3, -0.25) is 4.99 Å². The number of hydrogen-bond donors (Lipinski definition) is 2. The first-order valence-electron chi connectivity index (χ1n) is 8.39. The van der Waals surface area contributed by atoms with Crippen molar-refractivity contribution in [1.29, 1.82) is 0 Å². The number of methoxy groups -OCH3 is 1. The number of hydrogen-bond acceptors (Lipinski definition) is 5. The minimum Gasteiger partial charge on any atom is -0.481 e. The summed E-state index contributed by atoms with van der Waals surface area (Å²) in [4.78, 5) is 8.26. The number of rotatable bonds is 12. The zero-order valence-corrected chi connectivity index (χ0v) is 15.0. The van der Waals surface area contributed by atoms with Crippen LogP contribution < -0.4 is 15.4 Å². The summed E-state index contributed by atoms with van der Waals surface area (Å²) in [6.45, 7) is 6.18. The summed E-state index contributed by atoms with van der Waals surface area (Å²) in [7, 11) is 3.35. The topological polar surface area (TPSA) is 77.0 Å². The molecule has 0 amide bonds. The molecule has 0 spiro atoms. The highest BCUT2D eigenvalue weighted by Gasteiger charge is 2.00. The third-order valence-electron chi connectivity index (χ3n) is 3.25. The van der Waals surface area contributed by atoms with Crippen molar-refractivity contribution in [3.05, 3.63) is 23.9 Å². The second-order valence-corrected chi connectivity index (χ2v) is 5.14. The second-order valence-electron chi connectivity index (χ2n) is 5.14. The molecular formula is C17H30N4O3. The molecule has 1 aromatic heterocycles. The van der Waals surface area contributed by atoms with E-state index in [4.69, 9.17) is 14.2 Å². The largest absolute Gasteiger partial charge is 0.481 e. The summed E-state index contributed by atoms with van der Waals surface area (Å²) < 4.78 is 16.0. The van der Waals surface area contributed by atoms with Crippen LogP contribution in [0.1, 0.15) is 25.3 Å². The van der Waals surface area contributed by atoms with Gasteiger partial charge >= 0.3 is 0 Å². The summed E-state index contributed by atoms with van der Waals surface area (Å²) in [5.74, 6) is 1.33. The van der Waals surface area contributed by atoms with Crippen LogP contribution in [-0.2, 0) is 16.0 Å². The molecule has 0 saturated carbocycles. The van der Waals surface area contributed by atoms with Crippen LogP contribution in [0.25, 0.3) is 0 Å². The number of unbranched alkanes of at least 4 members (excludes halogenated alkanes) is 1. The van der Waals surface area contributed by atoms with Crippen LogP contribution in [0, 0.1) is 0 Å². The molecule has 1 rings (SSSR count). The number of nitrogens with zero attached hydrogens (tertiary/aromatic N) is 2. The predicted octanol–water partition coefficient (Wildman–Crippen LogP) is 1.59. The lowest BCUT2D eigenvalue weighted by Gasteiger charge is -2.12. The molecule has 0 aliphatic heterocycles. The van der Waals surface area contributed by atoms with E-state index in [2.05, 4.69) is 27.5 Å². The average molecular weight is 338 g/mol. The standard InChI is InChI=1S/C17H30N4O3/c1-4-5-9-23-11-12-24-10-8-20-17(18-2)21-14-15-6-7-19-16(13-15)22-3/h6-7,13H,4-5,8-12,14H2,1-3H3,(H2,18,20,21). The van der Waals surface area contributed by atoms with Crippen molar-refractivity contribution in [2.45, 2.75) is 26.3 Å². The molecule has 0 aromatic carbocycles. The lowest BCUT2D eigenvalue weighted by atomic mass is 10.2. The Bertz CT molecular complexity index is 469. The first-order valence-corrected chi connectivity index (χ1v) is 8.39. The fourth-order valence-corrected chi connectivity index (χ4v) is 1.89. The fourth-order valence-electron chi connectivity index (χ4n) is 1.89. The smallest absolute Gasteiger partial charge is 0.213 e. The van der Waals surface area contributed by atoms with E-state index in [1.54, 1.807) is 20.4 Å². The Morgan fingerprint density at radius 1 is 1.17 bits per heavy atom. The van der Waals surface area contributed by atoms with E-state index in [1.165, 1.54) is 0 Å². The molecule has 0 aliphatic rings. The summed E-state index contributed by atoms with van der Waals surface area (Å²) in [6.07, 6.45) is 3.98. The SMILES string of the molecule is CCCCOCCOCCNC(=NC)NCc1ccnc(OC)c1. The van der Waals surface area contributed by atoms with Crippen LogP contribution in [0.15, 0.2) is 23.3 Å².